The van der Waals surface area contributed by atoms with E-state index < -0.39 is 0 Å². The van der Waals surface area contributed by atoms with Crippen LogP contribution in [0.5, 0.6) is 0 Å². The molecule has 0 unspecified atom stereocenters. The summed E-state index contributed by atoms with van der Waals surface area (Å²) in [5.41, 5.74) is 1.77. The van der Waals surface area contributed by atoms with Crippen molar-refractivity contribution in [2.45, 2.75) is 12.8 Å². The van der Waals surface area contributed by atoms with E-state index in [9.17, 15) is 14.4 Å². The molecule has 2 aromatic carbocycles. The maximum atomic E-state index is 12.3. The van der Waals surface area contributed by atoms with Crippen LogP contribution in [0.1, 0.15) is 37.7 Å². The molecule has 0 bridgehead atoms. The van der Waals surface area contributed by atoms with Crippen LogP contribution in [0, 0.1) is 0 Å². The number of carbonyl (C=O) groups is 3. The Morgan fingerprint density at radius 1 is 1.00 bits per heavy atom. The number of anilines is 1. The van der Waals surface area contributed by atoms with Gasteiger partial charge in [0.25, 0.3) is 11.8 Å². The fourth-order valence-electron chi connectivity index (χ4n) is 2.99. The monoisotopic (exact) mass is 426 g/mol. The van der Waals surface area contributed by atoms with E-state index in [0.29, 0.717) is 27.7 Å². The van der Waals surface area contributed by atoms with Crippen LogP contribution in [-0.2, 0) is 11.2 Å². The highest BCUT2D eigenvalue weighted by molar-refractivity contribution is 7.15. The molecule has 0 aliphatic carbocycles. The van der Waals surface area contributed by atoms with Gasteiger partial charge in [0.2, 0.25) is 11.0 Å². The van der Waals surface area contributed by atoms with Crippen LogP contribution in [0.15, 0.2) is 48.5 Å². The molecule has 0 radical (unpaired) electrons. The van der Waals surface area contributed by atoms with Gasteiger partial charge in [0.05, 0.1) is 11.1 Å². The first-order chi connectivity index (χ1) is 14.0. The van der Waals surface area contributed by atoms with Crippen molar-refractivity contribution < 1.29 is 14.4 Å². The third kappa shape index (κ3) is 4.18. The first-order valence-electron chi connectivity index (χ1n) is 8.83. The van der Waals surface area contributed by atoms with Gasteiger partial charge in [-0.05, 0) is 29.8 Å². The minimum atomic E-state index is -0.375. The Morgan fingerprint density at radius 2 is 1.66 bits per heavy atom. The number of imide groups is 1. The highest BCUT2D eigenvalue weighted by Gasteiger charge is 2.34. The highest BCUT2D eigenvalue weighted by atomic mass is 35.5. The molecule has 1 aromatic heterocycles. The van der Waals surface area contributed by atoms with E-state index >= 15 is 0 Å². The average molecular weight is 427 g/mol. The van der Waals surface area contributed by atoms with Gasteiger partial charge in [0.1, 0.15) is 5.01 Å². The normalized spacial score (nSPS) is 12.9. The van der Waals surface area contributed by atoms with Crippen LogP contribution in [-0.4, -0.2) is 39.4 Å². The molecular weight excluding hydrogens is 412 g/mol. The number of aromatic nitrogens is 2. The van der Waals surface area contributed by atoms with Crippen molar-refractivity contribution in [1.29, 1.82) is 0 Å². The minimum Gasteiger partial charge on any atom is -0.300 e. The Labute approximate surface area is 175 Å². The molecule has 29 heavy (non-hydrogen) atoms. The van der Waals surface area contributed by atoms with Crippen molar-refractivity contribution in [2.75, 3.05) is 11.9 Å². The van der Waals surface area contributed by atoms with E-state index in [1.807, 2.05) is 12.1 Å². The van der Waals surface area contributed by atoms with Crippen LogP contribution >= 0.6 is 22.9 Å². The van der Waals surface area contributed by atoms with E-state index in [0.717, 1.165) is 15.5 Å². The summed E-state index contributed by atoms with van der Waals surface area (Å²) in [5.74, 6) is -1.09. The summed E-state index contributed by atoms with van der Waals surface area (Å²) in [6.07, 6.45) is 0.567. The van der Waals surface area contributed by atoms with E-state index in [-0.39, 0.29) is 30.7 Å². The number of fused-ring (bicyclic) bond motifs is 1. The van der Waals surface area contributed by atoms with Gasteiger partial charge in [-0.25, -0.2) is 0 Å². The molecule has 7 nitrogen and oxygen atoms in total. The van der Waals surface area contributed by atoms with E-state index in [4.69, 9.17) is 11.6 Å². The lowest BCUT2D eigenvalue weighted by molar-refractivity contribution is -0.116. The van der Waals surface area contributed by atoms with Crippen molar-refractivity contribution in [1.82, 2.24) is 15.1 Å². The SMILES string of the molecule is O=C(CCN1C(=O)c2ccccc2C1=O)Nc1nnc(Cc2ccc(Cl)cc2)s1. The highest BCUT2D eigenvalue weighted by Crippen LogP contribution is 2.23. The molecular formula is C20H15ClN4O3S. The zero-order chi connectivity index (χ0) is 20.4. The summed E-state index contributed by atoms with van der Waals surface area (Å²) < 4.78 is 0. The molecule has 146 valence electrons. The molecule has 4 rings (SSSR count). The number of benzene rings is 2. The van der Waals surface area contributed by atoms with Gasteiger partial charge in [0, 0.05) is 24.4 Å². The Balaban J connectivity index is 1.32. The van der Waals surface area contributed by atoms with Crippen molar-refractivity contribution >= 4 is 45.8 Å². The molecule has 1 aliphatic heterocycles. The number of hydrogen-bond donors (Lipinski definition) is 1. The molecule has 0 fully saturated rings. The predicted molar refractivity (Wildman–Crippen MR) is 109 cm³/mol. The third-order valence-corrected chi connectivity index (χ3v) is 5.51. The number of halogens is 1. The summed E-state index contributed by atoms with van der Waals surface area (Å²) >= 11 is 7.15. The van der Waals surface area contributed by atoms with Crippen LogP contribution in [0.4, 0.5) is 5.13 Å². The third-order valence-electron chi connectivity index (χ3n) is 4.42. The fraction of sp³-hybridized carbons (Fsp3) is 0.150. The Hall–Kier alpha value is -3.10. The molecule has 1 N–H and O–H groups in total. The lowest BCUT2D eigenvalue weighted by Gasteiger charge is -2.12. The van der Waals surface area contributed by atoms with Gasteiger partial charge in [-0.15, -0.1) is 10.2 Å². The van der Waals surface area contributed by atoms with Crippen molar-refractivity contribution in [2.24, 2.45) is 0 Å². The van der Waals surface area contributed by atoms with Crippen molar-refractivity contribution in [3.05, 3.63) is 75.3 Å². The summed E-state index contributed by atoms with van der Waals surface area (Å²) in [6.45, 7) is 0.00855. The molecule has 3 aromatic rings. The van der Waals surface area contributed by atoms with Gasteiger partial charge < -0.3 is 5.32 Å². The van der Waals surface area contributed by atoms with Crippen LogP contribution in [0.3, 0.4) is 0 Å². The van der Waals surface area contributed by atoms with Gasteiger partial charge >= 0.3 is 0 Å². The van der Waals surface area contributed by atoms with Crippen molar-refractivity contribution in [3.8, 4) is 0 Å². The Kier molecular flexibility index (Phi) is 5.37. The molecule has 0 atom stereocenters. The number of carbonyl (C=O) groups excluding carboxylic acids is 3. The molecule has 2 heterocycles. The Morgan fingerprint density at radius 3 is 2.31 bits per heavy atom. The zero-order valence-electron chi connectivity index (χ0n) is 15.1. The second-order valence-corrected chi connectivity index (χ2v) is 7.91. The van der Waals surface area contributed by atoms with Gasteiger partial charge in [-0.1, -0.05) is 47.2 Å². The van der Waals surface area contributed by atoms with E-state index in [1.54, 1.807) is 36.4 Å². The number of rotatable bonds is 6. The molecule has 0 saturated carbocycles. The summed E-state index contributed by atoms with van der Waals surface area (Å²) in [5, 5.41) is 12.5. The second-order valence-electron chi connectivity index (χ2n) is 6.41. The maximum absolute atomic E-state index is 12.3. The molecule has 9 heteroatoms. The molecule has 1 aliphatic rings. The number of nitrogens with zero attached hydrogens (tertiary/aromatic N) is 3. The topological polar surface area (TPSA) is 92.3 Å². The summed E-state index contributed by atoms with van der Waals surface area (Å²) in [4.78, 5) is 38.0. The first kappa shape index (κ1) is 19.2. The second kappa shape index (κ2) is 8.10. The number of hydrogen-bond acceptors (Lipinski definition) is 6. The van der Waals surface area contributed by atoms with Gasteiger partial charge in [0.15, 0.2) is 0 Å². The Bertz CT molecular complexity index is 1060. The standard InChI is InChI=1S/C20H15ClN4O3S/c21-13-7-5-12(6-8-13)11-17-23-24-20(29-17)22-16(26)9-10-25-18(27)14-3-1-2-4-15(14)19(25)28/h1-8H,9-11H2,(H,22,24,26). The van der Waals surface area contributed by atoms with E-state index in [1.165, 1.54) is 11.3 Å². The van der Waals surface area contributed by atoms with Crippen LogP contribution < -0.4 is 5.32 Å². The van der Waals surface area contributed by atoms with E-state index in [2.05, 4.69) is 15.5 Å². The zero-order valence-corrected chi connectivity index (χ0v) is 16.7. The first-order valence-corrected chi connectivity index (χ1v) is 10.0. The number of amides is 3. The summed E-state index contributed by atoms with van der Waals surface area (Å²) in [7, 11) is 0. The smallest absolute Gasteiger partial charge is 0.261 e. The lowest BCUT2D eigenvalue weighted by atomic mass is 10.1. The molecule has 0 spiro atoms. The predicted octanol–water partition coefficient (Wildman–Crippen LogP) is 3.41. The molecule has 3 amide bonds. The number of nitrogens with one attached hydrogen (secondary N) is 1. The van der Waals surface area contributed by atoms with Gasteiger partial charge in [-0.3, -0.25) is 19.3 Å². The van der Waals surface area contributed by atoms with Gasteiger partial charge in [-0.2, -0.15) is 0 Å². The van der Waals surface area contributed by atoms with Crippen LogP contribution in [0.25, 0.3) is 0 Å². The quantitative estimate of drug-likeness (QED) is 0.610. The largest absolute Gasteiger partial charge is 0.300 e. The van der Waals surface area contributed by atoms with Crippen molar-refractivity contribution in [3.63, 3.8) is 0 Å². The minimum absolute atomic E-state index is 0.00855. The summed E-state index contributed by atoms with van der Waals surface area (Å²) in [6, 6.07) is 14.1. The van der Waals surface area contributed by atoms with Crippen LogP contribution in [0.2, 0.25) is 5.02 Å². The lowest BCUT2D eigenvalue weighted by Crippen LogP contribution is -2.32. The molecule has 0 saturated heterocycles. The fourth-order valence-corrected chi connectivity index (χ4v) is 3.91. The maximum Gasteiger partial charge on any atom is 0.261 e. The average Bonchev–Trinajstić information content (AvgIpc) is 3.25.